The first-order valence-electron chi connectivity index (χ1n) is 8.48. The normalized spacial score (nSPS) is 16.2. The molecule has 1 aromatic heterocycles. The average Bonchev–Trinajstić information content (AvgIpc) is 2.99. The van der Waals surface area contributed by atoms with E-state index in [2.05, 4.69) is 16.3 Å². The van der Waals surface area contributed by atoms with E-state index in [1.54, 1.807) is 0 Å². The molecule has 0 saturated carbocycles. The fourth-order valence-corrected chi connectivity index (χ4v) is 3.26. The standard InChI is InChI=1S/C19H25N2O/c22-19(17-15-20-18-10-5-4-9-16(17)18)11-3-1-6-12-21-13-7-2-8-14-21/h2,4-5,9-10,15,20H,1,3,6-8,11-14H2. The van der Waals surface area contributed by atoms with Crippen LogP contribution in [0, 0.1) is 6.42 Å². The van der Waals surface area contributed by atoms with Crippen molar-refractivity contribution in [2.24, 2.45) is 0 Å². The molecule has 1 fully saturated rings. The van der Waals surface area contributed by atoms with Crippen molar-refractivity contribution in [2.75, 3.05) is 19.6 Å². The summed E-state index contributed by atoms with van der Waals surface area (Å²) >= 11 is 0. The van der Waals surface area contributed by atoms with Crippen molar-refractivity contribution in [3.63, 3.8) is 0 Å². The number of likely N-dealkylation sites (tertiary alicyclic amines) is 1. The summed E-state index contributed by atoms with van der Waals surface area (Å²) in [6, 6.07) is 8.02. The Kier molecular flexibility index (Phi) is 5.28. The quantitative estimate of drug-likeness (QED) is 0.614. The van der Waals surface area contributed by atoms with E-state index in [0.29, 0.717) is 6.42 Å². The maximum atomic E-state index is 12.4. The molecule has 0 spiro atoms. The molecule has 1 radical (unpaired) electrons. The number of benzene rings is 1. The molecule has 0 amide bonds. The van der Waals surface area contributed by atoms with Crippen LogP contribution in [0.3, 0.4) is 0 Å². The highest BCUT2D eigenvalue weighted by Gasteiger charge is 2.12. The summed E-state index contributed by atoms with van der Waals surface area (Å²) in [5, 5.41) is 1.05. The molecule has 1 aromatic carbocycles. The lowest BCUT2D eigenvalue weighted by molar-refractivity contribution is 0.0980. The molecular weight excluding hydrogens is 272 g/mol. The summed E-state index contributed by atoms with van der Waals surface area (Å²) in [6.07, 6.45) is 10.7. The lowest BCUT2D eigenvalue weighted by Crippen LogP contribution is -2.30. The second-order valence-electron chi connectivity index (χ2n) is 6.19. The lowest BCUT2D eigenvalue weighted by Gasteiger charge is -2.26. The van der Waals surface area contributed by atoms with Crippen molar-refractivity contribution in [1.82, 2.24) is 9.88 Å². The number of Topliss-reactive ketones (excluding diaryl/α,β-unsaturated/α-hetero) is 1. The number of piperidine rings is 1. The zero-order chi connectivity index (χ0) is 15.2. The number of H-pyrrole nitrogens is 1. The fraction of sp³-hybridized carbons (Fsp3) is 0.474. The van der Waals surface area contributed by atoms with E-state index in [9.17, 15) is 4.79 Å². The third kappa shape index (κ3) is 3.77. The third-order valence-corrected chi connectivity index (χ3v) is 4.57. The smallest absolute Gasteiger partial charge is 0.165 e. The van der Waals surface area contributed by atoms with E-state index in [1.807, 2.05) is 30.5 Å². The number of hydrogen-bond acceptors (Lipinski definition) is 2. The number of fused-ring (bicyclic) bond motifs is 1. The maximum absolute atomic E-state index is 12.4. The zero-order valence-corrected chi connectivity index (χ0v) is 13.2. The van der Waals surface area contributed by atoms with E-state index in [4.69, 9.17) is 0 Å². The van der Waals surface area contributed by atoms with Crippen LogP contribution in [0.25, 0.3) is 10.9 Å². The summed E-state index contributed by atoms with van der Waals surface area (Å²) in [5.74, 6) is 0.269. The van der Waals surface area contributed by atoms with Gasteiger partial charge in [0.05, 0.1) is 0 Å². The van der Waals surface area contributed by atoms with Crippen LogP contribution in [0.4, 0.5) is 0 Å². The number of nitrogens with zero attached hydrogens (tertiary/aromatic N) is 1. The predicted octanol–water partition coefficient (Wildman–Crippen LogP) is 4.21. The van der Waals surface area contributed by atoms with Crippen molar-refractivity contribution < 1.29 is 4.79 Å². The first-order chi connectivity index (χ1) is 10.8. The molecular formula is C19H25N2O. The van der Waals surface area contributed by atoms with Gasteiger partial charge < -0.3 is 9.88 Å². The number of ketones is 1. The van der Waals surface area contributed by atoms with Gasteiger partial charge in [0, 0.05) is 29.1 Å². The number of carbonyl (C=O) groups is 1. The SMILES string of the molecule is O=C(CCCCCN1CC[CH]CC1)c1c[nH]c2ccccc12. The third-order valence-electron chi connectivity index (χ3n) is 4.57. The van der Waals surface area contributed by atoms with E-state index in [0.717, 1.165) is 29.3 Å². The van der Waals surface area contributed by atoms with E-state index in [1.165, 1.54) is 38.9 Å². The van der Waals surface area contributed by atoms with Crippen LogP contribution >= 0.6 is 0 Å². The molecule has 1 aliphatic rings. The first-order valence-corrected chi connectivity index (χ1v) is 8.48. The van der Waals surface area contributed by atoms with Gasteiger partial charge in [0.1, 0.15) is 0 Å². The number of para-hydroxylation sites is 1. The second-order valence-corrected chi connectivity index (χ2v) is 6.19. The molecule has 1 aliphatic heterocycles. The molecule has 2 aromatic rings. The summed E-state index contributed by atoms with van der Waals surface area (Å²) in [7, 11) is 0. The van der Waals surface area contributed by atoms with Gasteiger partial charge in [-0.1, -0.05) is 24.6 Å². The van der Waals surface area contributed by atoms with Gasteiger partial charge in [0.2, 0.25) is 0 Å². The molecule has 0 atom stereocenters. The summed E-state index contributed by atoms with van der Waals surface area (Å²) < 4.78 is 0. The van der Waals surface area contributed by atoms with E-state index in [-0.39, 0.29) is 5.78 Å². The Hall–Kier alpha value is -1.61. The van der Waals surface area contributed by atoms with Crippen molar-refractivity contribution in [1.29, 1.82) is 0 Å². The van der Waals surface area contributed by atoms with Gasteiger partial charge in [-0.3, -0.25) is 4.79 Å². The molecule has 22 heavy (non-hydrogen) atoms. The minimum Gasteiger partial charge on any atom is -0.360 e. The van der Waals surface area contributed by atoms with Gasteiger partial charge in [-0.25, -0.2) is 0 Å². The number of aromatic amines is 1. The minimum atomic E-state index is 0.269. The number of hydrogen-bond donors (Lipinski definition) is 1. The Morgan fingerprint density at radius 2 is 1.91 bits per heavy atom. The Bertz CT molecular complexity index is 611. The fourth-order valence-electron chi connectivity index (χ4n) is 3.26. The second kappa shape index (κ2) is 7.59. The predicted molar refractivity (Wildman–Crippen MR) is 91.1 cm³/mol. The van der Waals surface area contributed by atoms with Crippen LogP contribution in [-0.4, -0.2) is 35.3 Å². The Morgan fingerprint density at radius 1 is 1.09 bits per heavy atom. The lowest BCUT2D eigenvalue weighted by atomic mass is 10.0. The Balaban J connectivity index is 1.41. The van der Waals surface area contributed by atoms with E-state index < -0.39 is 0 Å². The largest absolute Gasteiger partial charge is 0.360 e. The van der Waals surface area contributed by atoms with Crippen LogP contribution in [0.2, 0.25) is 0 Å². The highest BCUT2D eigenvalue weighted by atomic mass is 16.1. The summed E-state index contributed by atoms with van der Waals surface area (Å²) in [4.78, 5) is 18.1. The number of nitrogens with one attached hydrogen (secondary N) is 1. The van der Waals surface area contributed by atoms with E-state index >= 15 is 0 Å². The molecule has 117 valence electrons. The maximum Gasteiger partial charge on any atom is 0.165 e. The van der Waals surface area contributed by atoms with Crippen LogP contribution < -0.4 is 0 Å². The van der Waals surface area contributed by atoms with Crippen LogP contribution in [0.1, 0.15) is 48.9 Å². The first kappa shape index (κ1) is 15.3. The molecule has 0 aliphatic carbocycles. The molecule has 3 heteroatoms. The van der Waals surface area contributed by atoms with Crippen LogP contribution in [0.15, 0.2) is 30.5 Å². The van der Waals surface area contributed by atoms with Crippen molar-refractivity contribution in [3.8, 4) is 0 Å². The van der Waals surface area contributed by atoms with Gasteiger partial charge in [-0.2, -0.15) is 0 Å². The highest BCUT2D eigenvalue weighted by Crippen LogP contribution is 2.20. The van der Waals surface area contributed by atoms with Gasteiger partial charge in [-0.05, 0) is 57.8 Å². The van der Waals surface area contributed by atoms with Gasteiger partial charge >= 0.3 is 0 Å². The number of aromatic nitrogens is 1. The summed E-state index contributed by atoms with van der Waals surface area (Å²) in [6.45, 7) is 3.62. The molecule has 3 nitrogen and oxygen atoms in total. The van der Waals surface area contributed by atoms with Crippen molar-refractivity contribution in [3.05, 3.63) is 42.4 Å². The molecule has 1 saturated heterocycles. The Labute approximate surface area is 132 Å². The molecule has 0 bridgehead atoms. The average molecular weight is 297 g/mol. The van der Waals surface area contributed by atoms with Gasteiger partial charge in [0.15, 0.2) is 5.78 Å². The highest BCUT2D eigenvalue weighted by molar-refractivity contribution is 6.07. The molecule has 1 N–H and O–H groups in total. The van der Waals surface area contributed by atoms with Crippen molar-refractivity contribution in [2.45, 2.75) is 38.5 Å². The van der Waals surface area contributed by atoms with Gasteiger partial charge in [0.25, 0.3) is 0 Å². The molecule has 3 rings (SSSR count). The topological polar surface area (TPSA) is 36.1 Å². The molecule has 0 unspecified atom stereocenters. The Morgan fingerprint density at radius 3 is 2.77 bits per heavy atom. The van der Waals surface area contributed by atoms with Gasteiger partial charge in [-0.15, -0.1) is 0 Å². The zero-order valence-electron chi connectivity index (χ0n) is 13.2. The monoisotopic (exact) mass is 297 g/mol. The number of carbonyl (C=O) groups excluding carboxylic acids is 1. The van der Waals surface area contributed by atoms with Crippen LogP contribution in [-0.2, 0) is 0 Å². The number of rotatable bonds is 7. The summed E-state index contributed by atoms with van der Waals surface area (Å²) in [5.41, 5.74) is 1.90. The van der Waals surface area contributed by atoms with Crippen LogP contribution in [0.5, 0.6) is 0 Å². The van der Waals surface area contributed by atoms with Crippen molar-refractivity contribution >= 4 is 16.7 Å². The minimum absolute atomic E-state index is 0.269. The molecule has 2 heterocycles. The number of unbranched alkanes of at least 4 members (excludes halogenated alkanes) is 2.